The van der Waals surface area contributed by atoms with E-state index in [4.69, 9.17) is 4.74 Å². The predicted octanol–water partition coefficient (Wildman–Crippen LogP) is 4.01. The fraction of sp³-hybridized carbons (Fsp3) is 0.500. The Morgan fingerprint density at radius 1 is 1.24 bits per heavy atom. The molecular formula is C18H26N2O. The summed E-state index contributed by atoms with van der Waals surface area (Å²) in [7, 11) is 1.77. The van der Waals surface area contributed by atoms with Gasteiger partial charge in [0.05, 0.1) is 11.6 Å². The van der Waals surface area contributed by atoms with E-state index in [0.717, 1.165) is 30.6 Å². The number of rotatable bonds is 7. The van der Waals surface area contributed by atoms with Gasteiger partial charge in [-0.15, -0.1) is 0 Å². The number of hydrogen-bond acceptors (Lipinski definition) is 3. The van der Waals surface area contributed by atoms with Crippen molar-refractivity contribution in [2.45, 2.75) is 45.8 Å². The zero-order valence-corrected chi connectivity index (χ0v) is 13.5. The molecule has 0 aliphatic heterocycles. The number of fused-ring (bicyclic) bond motifs is 1. The molecule has 21 heavy (non-hydrogen) atoms. The molecule has 0 amide bonds. The summed E-state index contributed by atoms with van der Waals surface area (Å²) in [6, 6.07) is 11.1. The van der Waals surface area contributed by atoms with Crippen molar-refractivity contribution >= 4 is 10.9 Å². The van der Waals surface area contributed by atoms with Gasteiger partial charge < -0.3 is 10.1 Å². The molecule has 1 aromatic heterocycles. The molecule has 3 nitrogen and oxygen atoms in total. The number of methoxy groups -OCH3 is 1. The highest BCUT2D eigenvalue weighted by atomic mass is 16.5. The van der Waals surface area contributed by atoms with Gasteiger partial charge in [-0.2, -0.15) is 0 Å². The fourth-order valence-electron chi connectivity index (χ4n) is 2.55. The number of hydrogen-bond donors (Lipinski definition) is 1. The molecule has 0 fully saturated rings. The Morgan fingerprint density at radius 3 is 2.76 bits per heavy atom. The minimum Gasteiger partial charge on any atom is -0.382 e. The molecule has 0 radical (unpaired) electrons. The first-order valence-corrected chi connectivity index (χ1v) is 7.77. The summed E-state index contributed by atoms with van der Waals surface area (Å²) in [4.78, 5) is 4.57. The first-order valence-electron chi connectivity index (χ1n) is 7.77. The molecule has 2 unspecified atom stereocenters. The van der Waals surface area contributed by atoms with E-state index in [2.05, 4.69) is 54.5 Å². The Hall–Kier alpha value is -1.45. The highest BCUT2D eigenvalue weighted by molar-refractivity contribution is 5.79. The third kappa shape index (κ3) is 4.26. The molecule has 2 atom stereocenters. The molecule has 3 heteroatoms. The molecule has 2 rings (SSSR count). The zero-order chi connectivity index (χ0) is 15.2. The van der Waals surface area contributed by atoms with E-state index in [1.54, 1.807) is 7.11 Å². The number of nitrogens with zero attached hydrogens (tertiary/aromatic N) is 1. The van der Waals surface area contributed by atoms with Gasteiger partial charge in [-0.05, 0) is 57.0 Å². The van der Waals surface area contributed by atoms with Gasteiger partial charge in [-0.1, -0.05) is 19.1 Å². The van der Waals surface area contributed by atoms with E-state index in [1.165, 1.54) is 10.9 Å². The molecule has 0 spiro atoms. The maximum atomic E-state index is 5.43. The Kier molecular flexibility index (Phi) is 5.71. The van der Waals surface area contributed by atoms with Crippen molar-refractivity contribution in [3.63, 3.8) is 0 Å². The maximum absolute atomic E-state index is 5.43. The molecular weight excluding hydrogens is 260 g/mol. The second kappa shape index (κ2) is 7.53. The van der Waals surface area contributed by atoms with E-state index in [0.29, 0.717) is 6.04 Å². The van der Waals surface area contributed by atoms with Gasteiger partial charge in [-0.3, -0.25) is 4.98 Å². The van der Waals surface area contributed by atoms with Crippen LogP contribution >= 0.6 is 0 Å². The first-order chi connectivity index (χ1) is 10.1. The second-order valence-corrected chi connectivity index (χ2v) is 5.69. The van der Waals surface area contributed by atoms with Crippen LogP contribution in [0.1, 0.15) is 44.0 Å². The third-order valence-electron chi connectivity index (χ3n) is 3.87. The van der Waals surface area contributed by atoms with Crippen LogP contribution in [-0.4, -0.2) is 24.7 Å². The summed E-state index contributed by atoms with van der Waals surface area (Å²) in [5.41, 5.74) is 3.43. The molecule has 0 aliphatic rings. The van der Waals surface area contributed by atoms with Crippen molar-refractivity contribution in [3.05, 3.63) is 41.6 Å². The minimum absolute atomic E-state index is 0.242. The summed E-state index contributed by atoms with van der Waals surface area (Å²) in [5, 5.41) is 4.83. The number of aryl methyl sites for hydroxylation is 1. The molecule has 2 aromatic rings. The quantitative estimate of drug-likeness (QED) is 0.835. The lowest BCUT2D eigenvalue weighted by Crippen LogP contribution is -2.26. The lowest BCUT2D eigenvalue weighted by Gasteiger charge is -2.22. The summed E-state index contributed by atoms with van der Waals surface area (Å²) in [6.07, 6.45) is 2.35. The molecule has 1 N–H and O–H groups in total. The van der Waals surface area contributed by atoms with Crippen molar-refractivity contribution in [2.75, 3.05) is 13.7 Å². The normalized spacial score (nSPS) is 14.3. The number of aromatic nitrogens is 1. The smallest absolute Gasteiger partial charge is 0.0705 e. The van der Waals surface area contributed by atoms with Gasteiger partial charge in [0.15, 0.2) is 0 Å². The lowest BCUT2D eigenvalue weighted by molar-refractivity contribution is 0.100. The van der Waals surface area contributed by atoms with Crippen LogP contribution in [0.25, 0.3) is 10.9 Å². The Balaban J connectivity index is 2.27. The van der Waals surface area contributed by atoms with Crippen LogP contribution < -0.4 is 5.32 Å². The van der Waals surface area contributed by atoms with Crippen LogP contribution in [0.5, 0.6) is 0 Å². The number of benzene rings is 1. The van der Waals surface area contributed by atoms with Crippen molar-refractivity contribution in [3.8, 4) is 0 Å². The monoisotopic (exact) mass is 286 g/mol. The average Bonchev–Trinajstić information content (AvgIpc) is 2.50. The molecule has 114 valence electrons. The van der Waals surface area contributed by atoms with Crippen LogP contribution in [0.2, 0.25) is 0 Å². The van der Waals surface area contributed by atoms with Crippen LogP contribution in [0.4, 0.5) is 0 Å². The lowest BCUT2D eigenvalue weighted by atomic mass is 9.99. The fourth-order valence-corrected chi connectivity index (χ4v) is 2.55. The molecule has 1 heterocycles. The number of pyridine rings is 1. The summed E-state index contributed by atoms with van der Waals surface area (Å²) in [5.74, 6) is 0. The topological polar surface area (TPSA) is 34.1 Å². The molecule has 0 saturated carbocycles. The molecule has 0 bridgehead atoms. The van der Waals surface area contributed by atoms with Gasteiger partial charge in [-0.25, -0.2) is 0 Å². The number of nitrogens with one attached hydrogen (secondary N) is 1. The molecule has 1 aromatic carbocycles. The highest BCUT2D eigenvalue weighted by Crippen LogP contribution is 2.23. The Morgan fingerprint density at radius 2 is 2.05 bits per heavy atom. The largest absolute Gasteiger partial charge is 0.382 e. The summed E-state index contributed by atoms with van der Waals surface area (Å²) < 4.78 is 5.43. The van der Waals surface area contributed by atoms with Crippen LogP contribution in [-0.2, 0) is 4.74 Å². The van der Waals surface area contributed by atoms with E-state index in [1.807, 2.05) is 6.92 Å². The van der Waals surface area contributed by atoms with Gasteiger partial charge in [0.1, 0.15) is 0 Å². The van der Waals surface area contributed by atoms with Crippen LogP contribution in [0.15, 0.2) is 30.3 Å². The predicted molar refractivity (Wildman–Crippen MR) is 88.6 cm³/mol. The Labute approximate surface area is 127 Å². The molecule has 0 aliphatic carbocycles. The highest BCUT2D eigenvalue weighted by Gasteiger charge is 2.15. The maximum Gasteiger partial charge on any atom is 0.0705 e. The van der Waals surface area contributed by atoms with Gasteiger partial charge >= 0.3 is 0 Å². The SMILES string of the molecule is CCCNC(CC(C)OC)c1ccc2nc(C)ccc2c1. The molecule has 0 saturated heterocycles. The zero-order valence-electron chi connectivity index (χ0n) is 13.5. The first kappa shape index (κ1) is 15.9. The van der Waals surface area contributed by atoms with Crippen molar-refractivity contribution in [1.29, 1.82) is 0 Å². The van der Waals surface area contributed by atoms with E-state index >= 15 is 0 Å². The van der Waals surface area contributed by atoms with Crippen LogP contribution in [0.3, 0.4) is 0 Å². The Bertz CT molecular complexity index is 582. The summed E-state index contributed by atoms with van der Waals surface area (Å²) in [6.45, 7) is 7.36. The number of ether oxygens (including phenoxy) is 1. The average molecular weight is 286 g/mol. The van der Waals surface area contributed by atoms with Gasteiger partial charge in [0.25, 0.3) is 0 Å². The van der Waals surface area contributed by atoms with E-state index in [-0.39, 0.29) is 6.10 Å². The summed E-state index contributed by atoms with van der Waals surface area (Å²) >= 11 is 0. The van der Waals surface area contributed by atoms with E-state index in [9.17, 15) is 0 Å². The minimum atomic E-state index is 0.242. The van der Waals surface area contributed by atoms with Crippen molar-refractivity contribution < 1.29 is 4.74 Å². The van der Waals surface area contributed by atoms with Crippen LogP contribution in [0, 0.1) is 6.92 Å². The third-order valence-corrected chi connectivity index (χ3v) is 3.87. The van der Waals surface area contributed by atoms with Gasteiger partial charge in [0.2, 0.25) is 0 Å². The standard InChI is InChI=1S/C18H26N2O/c1-5-10-19-18(11-14(3)21-4)16-8-9-17-15(12-16)7-6-13(2)20-17/h6-9,12,14,18-19H,5,10-11H2,1-4H3. The van der Waals surface area contributed by atoms with Crippen molar-refractivity contribution in [2.24, 2.45) is 0 Å². The van der Waals surface area contributed by atoms with Crippen molar-refractivity contribution in [1.82, 2.24) is 10.3 Å². The van der Waals surface area contributed by atoms with Gasteiger partial charge in [0, 0.05) is 24.2 Å². The second-order valence-electron chi connectivity index (χ2n) is 5.69. The van der Waals surface area contributed by atoms with E-state index < -0.39 is 0 Å².